The number of hydrogen-bond acceptors (Lipinski definition) is 9. The summed E-state index contributed by atoms with van der Waals surface area (Å²) in [5.74, 6) is 1.92. The summed E-state index contributed by atoms with van der Waals surface area (Å²) >= 11 is 4.59. The highest BCUT2D eigenvalue weighted by atomic mass is 32.2. The molecule has 240 valence electrons. The lowest BCUT2D eigenvalue weighted by Gasteiger charge is -2.01. The molecule has 12 heteroatoms. The minimum absolute atomic E-state index is 0.566. The molecule has 3 rings (SSSR count). The average molecular weight is 656 g/mol. The third-order valence-electron chi connectivity index (χ3n) is 5.79. The van der Waals surface area contributed by atoms with Crippen molar-refractivity contribution in [3.05, 3.63) is 106 Å². The van der Waals surface area contributed by atoms with Gasteiger partial charge in [-0.15, -0.1) is 0 Å². The van der Waals surface area contributed by atoms with Gasteiger partial charge in [0.2, 0.25) is 0 Å². The van der Waals surface area contributed by atoms with Gasteiger partial charge in [0.15, 0.2) is 15.5 Å². The van der Waals surface area contributed by atoms with Gasteiger partial charge in [0.1, 0.15) is 0 Å². The third kappa shape index (κ3) is 18.0. The van der Waals surface area contributed by atoms with E-state index in [4.69, 9.17) is 34.4 Å². The molecule has 0 fully saturated rings. The maximum atomic E-state index is 5.69. The Morgan fingerprint density at radius 1 is 0.523 bits per heavy atom. The Morgan fingerprint density at radius 2 is 0.886 bits per heavy atom. The summed E-state index contributed by atoms with van der Waals surface area (Å²) in [4.78, 5) is 12.7. The Balaban J connectivity index is 0.000000330. The van der Waals surface area contributed by atoms with E-state index < -0.39 is 0 Å². The normalized spacial score (nSPS) is 11.7. The Bertz CT molecular complexity index is 1280. The zero-order valence-electron chi connectivity index (χ0n) is 26.1. The Morgan fingerprint density at radius 3 is 1.27 bits per heavy atom. The molecule has 9 nitrogen and oxygen atoms in total. The first-order valence-electron chi connectivity index (χ1n) is 14.3. The van der Waals surface area contributed by atoms with Gasteiger partial charge < -0.3 is 34.4 Å². The fourth-order valence-corrected chi connectivity index (χ4v) is 4.47. The SMILES string of the molecule is CCSC(N)=NCc1ccc(CN)cc1.CCSC(N)=NCc1cccc(CN)c1.CSC(N)=NCc1ccc(CN)cc1. The van der Waals surface area contributed by atoms with E-state index in [0.29, 0.717) is 54.8 Å². The van der Waals surface area contributed by atoms with Crippen molar-refractivity contribution in [1.29, 1.82) is 0 Å². The molecule has 44 heavy (non-hydrogen) atoms. The van der Waals surface area contributed by atoms with E-state index in [0.717, 1.165) is 44.9 Å². The summed E-state index contributed by atoms with van der Waals surface area (Å²) in [5.41, 5.74) is 40.4. The molecule has 0 heterocycles. The Kier molecular flexibility index (Phi) is 21.6. The van der Waals surface area contributed by atoms with Gasteiger partial charge >= 0.3 is 0 Å². The fraction of sp³-hybridized carbons (Fsp3) is 0.344. The topological polar surface area (TPSA) is 193 Å². The second-order valence-corrected chi connectivity index (χ2v) is 12.5. The number of nitrogens with two attached hydrogens (primary N) is 6. The van der Waals surface area contributed by atoms with Crippen LogP contribution in [-0.2, 0) is 39.3 Å². The van der Waals surface area contributed by atoms with Crippen LogP contribution in [-0.4, -0.2) is 33.3 Å². The summed E-state index contributed by atoms with van der Waals surface area (Å²) in [6.07, 6.45) is 1.91. The molecule has 3 aromatic carbocycles. The van der Waals surface area contributed by atoms with Gasteiger partial charge in [-0.25, -0.2) is 0 Å². The molecule has 0 spiro atoms. The molecule has 12 N–H and O–H groups in total. The van der Waals surface area contributed by atoms with Gasteiger partial charge in [0, 0.05) is 19.6 Å². The Labute approximate surface area is 276 Å². The number of thioether (sulfide) groups is 3. The molecule has 0 aliphatic rings. The van der Waals surface area contributed by atoms with E-state index in [1.54, 1.807) is 23.5 Å². The molecule has 0 atom stereocenters. The first-order chi connectivity index (χ1) is 21.3. The van der Waals surface area contributed by atoms with Gasteiger partial charge in [-0.3, -0.25) is 15.0 Å². The van der Waals surface area contributed by atoms with Crippen molar-refractivity contribution in [2.75, 3.05) is 17.8 Å². The molecule has 0 saturated carbocycles. The molecule has 0 unspecified atom stereocenters. The van der Waals surface area contributed by atoms with Crippen molar-refractivity contribution in [3.8, 4) is 0 Å². The van der Waals surface area contributed by atoms with Gasteiger partial charge in [0.25, 0.3) is 0 Å². The van der Waals surface area contributed by atoms with Gasteiger partial charge in [0.05, 0.1) is 19.6 Å². The van der Waals surface area contributed by atoms with Crippen LogP contribution in [0.4, 0.5) is 0 Å². The fourth-order valence-electron chi connectivity index (χ4n) is 3.38. The molecular formula is C32H49N9S3. The number of amidine groups is 3. The highest BCUT2D eigenvalue weighted by molar-refractivity contribution is 8.14. The minimum Gasteiger partial charge on any atom is -0.379 e. The largest absolute Gasteiger partial charge is 0.379 e. The van der Waals surface area contributed by atoms with Crippen molar-refractivity contribution in [1.82, 2.24) is 0 Å². The summed E-state index contributed by atoms with van der Waals surface area (Å²) in [6, 6.07) is 24.3. The van der Waals surface area contributed by atoms with Crippen LogP contribution in [0, 0.1) is 0 Å². The molecule has 0 bridgehead atoms. The smallest absolute Gasteiger partial charge is 0.154 e. The van der Waals surface area contributed by atoms with Crippen LogP contribution >= 0.6 is 35.3 Å². The molecule has 0 amide bonds. The van der Waals surface area contributed by atoms with E-state index in [-0.39, 0.29) is 0 Å². The molecule has 3 aromatic rings. The van der Waals surface area contributed by atoms with Crippen LogP contribution in [0.5, 0.6) is 0 Å². The molecular weight excluding hydrogens is 607 g/mol. The van der Waals surface area contributed by atoms with Crippen LogP contribution in [0.2, 0.25) is 0 Å². The highest BCUT2D eigenvalue weighted by Crippen LogP contribution is 2.09. The van der Waals surface area contributed by atoms with E-state index in [1.165, 1.54) is 11.8 Å². The highest BCUT2D eigenvalue weighted by Gasteiger charge is 1.96. The summed E-state index contributed by atoms with van der Waals surface area (Å²) in [5, 5.41) is 1.92. The minimum atomic E-state index is 0.566. The molecule has 0 aliphatic carbocycles. The summed E-state index contributed by atoms with van der Waals surface area (Å²) < 4.78 is 0. The standard InChI is InChI=1S/2C11H17N3S.C10H15N3S/c1-2-15-11(13)14-8-10-5-3-9(7-12)4-6-10;1-2-15-11(13)14-8-10-5-3-4-9(6-10)7-12;1-14-10(12)13-7-9-4-2-8(6-11)3-5-9/h2*3-6H,2,7-8,12H2,1H3,(H2,13,14);2-5H,6-7,11H2,1H3,(H2,12,13). The number of nitrogens with zero attached hydrogens (tertiary/aromatic N) is 3. The van der Waals surface area contributed by atoms with Crippen molar-refractivity contribution < 1.29 is 0 Å². The molecule has 0 radical (unpaired) electrons. The lowest BCUT2D eigenvalue weighted by atomic mass is 10.1. The quantitative estimate of drug-likeness (QED) is 0.125. The van der Waals surface area contributed by atoms with Gasteiger partial charge in [-0.05, 0) is 51.1 Å². The molecule has 0 aliphatic heterocycles. The van der Waals surface area contributed by atoms with Crippen LogP contribution < -0.4 is 34.4 Å². The van der Waals surface area contributed by atoms with Crippen LogP contribution in [0.1, 0.15) is 47.2 Å². The third-order valence-corrected chi connectivity index (χ3v) is 7.76. The van der Waals surface area contributed by atoms with E-state index in [2.05, 4.69) is 34.9 Å². The van der Waals surface area contributed by atoms with E-state index >= 15 is 0 Å². The number of benzene rings is 3. The number of rotatable bonds is 11. The lowest BCUT2D eigenvalue weighted by molar-refractivity contribution is 1.03. The van der Waals surface area contributed by atoms with Crippen molar-refractivity contribution in [2.24, 2.45) is 49.4 Å². The number of aliphatic imine (C=N–C) groups is 3. The second-order valence-electron chi connectivity index (χ2n) is 9.10. The van der Waals surface area contributed by atoms with Crippen LogP contribution in [0.25, 0.3) is 0 Å². The zero-order valence-corrected chi connectivity index (χ0v) is 28.6. The number of hydrogen-bond donors (Lipinski definition) is 6. The first-order valence-corrected chi connectivity index (χ1v) is 17.5. The maximum Gasteiger partial charge on any atom is 0.154 e. The predicted octanol–water partition coefficient (Wildman–Crippen LogP) is 4.75. The van der Waals surface area contributed by atoms with Crippen molar-refractivity contribution >= 4 is 50.8 Å². The van der Waals surface area contributed by atoms with Crippen molar-refractivity contribution in [3.63, 3.8) is 0 Å². The second kappa shape index (κ2) is 24.3. The van der Waals surface area contributed by atoms with E-state index in [9.17, 15) is 0 Å². The molecule has 0 aromatic heterocycles. The summed E-state index contributed by atoms with van der Waals surface area (Å²) in [6.45, 7) is 7.75. The van der Waals surface area contributed by atoms with Gasteiger partial charge in [-0.1, -0.05) is 122 Å². The average Bonchev–Trinajstić information content (AvgIpc) is 3.06. The van der Waals surface area contributed by atoms with Crippen LogP contribution in [0.3, 0.4) is 0 Å². The van der Waals surface area contributed by atoms with Crippen LogP contribution in [0.15, 0.2) is 87.8 Å². The van der Waals surface area contributed by atoms with E-state index in [1.807, 2.05) is 73.0 Å². The van der Waals surface area contributed by atoms with Gasteiger partial charge in [-0.2, -0.15) is 0 Å². The predicted molar refractivity (Wildman–Crippen MR) is 199 cm³/mol. The van der Waals surface area contributed by atoms with Crippen molar-refractivity contribution in [2.45, 2.75) is 53.1 Å². The summed E-state index contributed by atoms with van der Waals surface area (Å²) in [7, 11) is 0. The lowest BCUT2D eigenvalue weighted by Crippen LogP contribution is -2.07. The molecule has 0 saturated heterocycles. The monoisotopic (exact) mass is 655 g/mol. The maximum absolute atomic E-state index is 5.69. The first kappa shape index (κ1) is 39.0. The Hall–Kier alpha value is -3.00. The zero-order chi connectivity index (χ0) is 32.6.